The molecule has 2 aliphatic rings. The highest BCUT2D eigenvalue weighted by molar-refractivity contribution is 4.81. The van der Waals surface area contributed by atoms with Crippen molar-refractivity contribution in [3.05, 3.63) is 0 Å². The molecule has 2 nitrogen and oxygen atoms in total. The molecule has 1 N–H and O–H groups in total. The van der Waals surface area contributed by atoms with Gasteiger partial charge in [-0.25, -0.2) is 0 Å². The standard InChI is InChI=1S/C15H30O.C2H4O/c1-2-3-4-5-6-7-9-12-15(16)13-10-8-11-14-15;1-2-3-1/h16H,2-14H2,1H3;1-2H2. The number of epoxide rings is 1. The summed E-state index contributed by atoms with van der Waals surface area (Å²) < 4.78 is 4.50. The van der Waals surface area contributed by atoms with Gasteiger partial charge in [0, 0.05) is 0 Å². The van der Waals surface area contributed by atoms with Gasteiger partial charge in [0.25, 0.3) is 0 Å². The molecule has 1 saturated carbocycles. The third-order valence-corrected chi connectivity index (χ3v) is 4.23. The summed E-state index contributed by atoms with van der Waals surface area (Å²) in [6, 6.07) is 0. The average molecular weight is 270 g/mol. The molecule has 0 spiro atoms. The highest BCUT2D eigenvalue weighted by Gasteiger charge is 2.27. The largest absolute Gasteiger partial charge is 0.390 e. The van der Waals surface area contributed by atoms with E-state index in [2.05, 4.69) is 11.7 Å². The number of rotatable bonds is 8. The van der Waals surface area contributed by atoms with Crippen LogP contribution in [0.4, 0.5) is 0 Å². The van der Waals surface area contributed by atoms with Crippen LogP contribution in [0.5, 0.6) is 0 Å². The topological polar surface area (TPSA) is 32.8 Å². The maximum Gasteiger partial charge on any atom is 0.0701 e. The molecule has 0 bridgehead atoms. The molecule has 1 aliphatic heterocycles. The van der Waals surface area contributed by atoms with Gasteiger partial charge in [0.1, 0.15) is 0 Å². The molecule has 0 atom stereocenters. The Hall–Kier alpha value is -0.0800. The summed E-state index contributed by atoms with van der Waals surface area (Å²) in [5, 5.41) is 10.3. The predicted octanol–water partition coefficient (Wildman–Crippen LogP) is 4.84. The Balaban J connectivity index is 0.000000524. The van der Waals surface area contributed by atoms with Crippen molar-refractivity contribution in [2.75, 3.05) is 13.2 Å². The second-order valence-corrected chi connectivity index (χ2v) is 6.27. The fourth-order valence-electron chi connectivity index (χ4n) is 2.87. The lowest BCUT2D eigenvalue weighted by Crippen LogP contribution is -2.30. The zero-order valence-electron chi connectivity index (χ0n) is 13.0. The molecule has 1 aliphatic carbocycles. The zero-order valence-corrected chi connectivity index (χ0v) is 13.0. The summed E-state index contributed by atoms with van der Waals surface area (Å²) in [5.74, 6) is 0. The van der Waals surface area contributed by atoms with Crippen molar-refractivity contribution in [2.45, 2.75) is 96.0 Å². The Morgan fingerprint density at radius 1 is 0.842 bits per heavy atom. The molecule has 1 heterocycles. The van der Waals surface area contributed by atoms with Gasteiger partial charge in [0.05, 0.1) is 18.8 Å². The van der Waals surface area contributed by atoms with Crippen LogP contribution in [-0.4, -0.2) is 23.9 Å². The monoisotopic (exact) mass is 270 g/mol. The van der Waals surface area contributed by atoms with Gasteiger partial charge in [-0.05, 0) is 19.3 Å². The van der Waals surface area contributed by atoms with Crippen molar-refractivity contribution >= 4 is 0 Å². The second-order valence-electron chi connectivity index (χ2n) is 6.27. The van der Waals surface area contributed by atoms with Gasteiger partial charge in [-0.3, -0.25) is 0 Å². The van der Waals surface area contributed by atoms with Gasteiger partial charge in [-0.1, -0.05) is 71.1 Å². The fraction of sp³-hybridized carbons (Fsp3) is 1.00. The van der Waals surface area contributed by atoms with Gasteiger partial charge >= 0.3 is 0 Å². The number of ether oxygens (including phenoxy) is 1. The first-order valence-electron chi connectivity index (χ1n) is 8.57. The van der Waals surface area contributed by atoms with Gasteiger partial charge in [0.2, 0.25) is 0 Å². The first kappa shape index (κ1) is 17.0. The highest BCUT2D eigenvalue weighted by Crippen LogP contribution is 2.32. The summed E-state index contributed by atoms with van der Waals surface area (Å²) in [4.78, 5) is 0. The van der Waals surface area contributed by atoms with Crippen LogP contribution in [-0.2, 0) is 4.74 Å². The zero-order chi connectivity index (χ0) is 13.8. The molecule has 0 unspecified atom stereocenters. The number of aliphatic hydroxyl groups is 1. The molecule has 114 valence electrons. The Kier molecular flexibility index (Phi) is 9.54. The van der Waals surface area contributed by atoms with Crippen molar-refractivity contribution in [1.82, 2.24) is 0 Å². The number of hydrogen-bond donors (Lipinski definition) is 1. The summed E-state index contributed by atoms with van der Waals surface area (Å²) in [6.45, 7) is 4.26. The van der Waals surface area contributed by atoms with Crippen molar-refractivity contribution in [3.63, 3.8) is 0 Å². The molecule has 19 heavy (non-hydrogen) atoms. The Morgan fingerprint density at radius 3 is 1.89 bits per heavy atom. The summed E-state index contributed by atoms with van der Waals surface area (Å²) in [6.07, 6.45) is 16.5. The molecule has 1 saturated heterocycles. The number of hydrogen-bond acceptors (Lipinski definition) is 2. The van der Waals surface area contributed by atoms with E-state index in [0.717, 1.165) is 32.5 Å². The molecule has 2 fully saturated rings. The minimum atomic E-state index is -0.276. The van der Waals surface area contributed by atoms with Crippen LogP contribution in [0.25, 0.3) is 0 Å². The van der Waals surface area contributed by atoms with Gasteiger partial charge in [-0.15, -0.1) is 0 Å². The Bertz CT molecular complexity index is 193. The lowest BCUT2D eigenvalue weighted by atomic mass is 9.81. The quantitative estimate of drug-likeness (QED) is 0.505. The van der Waals surface area contributed by atoms with E-state index in [1.807, 2.05) is 0 Å². The molecule has 0 aromatic heterocycles. The van der Waals surface area contributed by atoms with Crippen LogP contribution < -0.4 is 0 Å². The van der Waals surface area contributed by atoms with Crippen LogP contribution in [0, 0.1) is 0 Å². The minimum absolute atomic E-state index is 0.276. The summed E-state index contributed by atoms with van der Waals surface area (Å²) in [5.41, 5.74) is -0.276. The van der Waals surface area contributed by atoms with Gasteiger partial charge in [-0.2, -0.15) is 0 Å². The lowest BCUT2D eigenvalue weighted by molar-refractivity contribution is -0.00587. The van der Waals surface area contributed by atoms with E-state index in [9.17, 15) is 5.11 Å². The van der Waals surface area contributed by atoms with E-state index < -0.39 is 0 Å². The molecule has 2 heteroatoms. The molecule has 2 rings (SSSR count). The molecular formula is C17H34O2. The van der Waals surface area contributed by atoms with Crippen molar-refractivity contribution < 1.29 is 9.84 Å². The van der Waals surface area contributed by atoms with Crippen LogP contribution in [0.3, 0.4) is 0 Å². The van der Waals surface area contributed by atoms with Gasteiger partial charge < -0.3 is 9.84 Å². The fourth-order valence-corrected chi connectivity index (χ4v) is 2.87. The van der Waals surface area contributed by atoms with Crippen molar-refractivity contribution in [3.8, 4) is 0 Å². The van der Waals surface area contributed by atoms with E-state index in [4.69, 9.17) is 0 Å². The summed E-state index contributed by atoms with van der Waals surface area (Å²) in [7, 11) is 0. The first-order valence-corrected chi connectivity index (χ1v) is 8.57. The second kappa shape index (κ2) is 10.7. The number of unbranched alkanes of at least 4 members (excludes halogenated alkanes) is 6. The van der Waals surface area contributed by atoms with Gasteiger partial charge in [0.15, 0.2) is 0 Å². The smallest absolute Gasteiger partial charge is 0.0701 e. The minimum Gasteiger partial charge on any atom is -0.390 e. The first-order chi connectivity index (χ1) is 9.27. The maximum atomic E-state index is 10.3. The third kappa shape index (κ3) is 10.4. The van der Waals surface area contributed by atoms with E-state index in [0.29, 0.717) is 0 Å². The van der Waals surface area contributed by atoms with Crippen LogP contribution >= 0.6 is 0 Å². The van der Waals surface area contributed by atoms with Crippen LogP contribution in [0.15, 0.2) is 0 Å². The molecule has 0 amide bonds. The van der Waals surface area contributed by atoms with Crippen molar-refractivity contribution in [1.29, 1.82) is 0 Å². The van der Waals surface area contributed by atoms with Crippen molar-refractivity contribution in [2.24, 2.45) is 0 Å². The molecule has 0 aromatic rings. The molecule has 0 aromatic carbocycles. The van der Waals surface area contributed by atoms with E-state index in [1.165, 1.54) is 64.2 Å². The maximum absolute atomic E-state index is 10.3. The predicted molar refractivity (Wildman–Crippen MR) is 81.5 cm³/mol. The van der Waals surface area contributed by atoms with Crippen LogP contribution in [0.1, 0.15) is 90.4 Å². The Labute approximate surface area is 119 Å². The molecule has 0 radical (unpaired) electrons. The highest BCUT2D eigenvalue weighted by atomic mass is 16.6. The van der Waals surface area contributed by atoms with E-state index in [-0.39, 0.29) is 5.60 Å². The Morgan fingerprint density at radius 2 is 1.37 bits per heavy atom. The summed E-state index contributed by atoms with van der Waals surface area (Å²) >= 11 is 0. The average Bonchev–Trinajstić information content (AvgIpc) is 3.27. The lowest BCUT2D eigenvalue weighted by Gasteiger charge is -2.32. The molecular weight excluding hydrogens is 236 g/mol. The third-order valence-electron chi connectivity index (χ3n) is 4.23. The van der Waals surface area contributed by atoms with E-state index >= 15 is 0 Å². The van der Waals surface area contributed by atoms with Crippen LogP contribution in [0.2, 0.25) is 0 Å². The van der Waals surface area contributed by atoms with E-state index in [1.54, 1.807) is 0 Å². The SMILES string of the molecule is C1CO1.CCCCCCCCCC1(O)CCCCC1. The normalized spacial score (nSPS) is 20.5.